The number of fused-ring (bicyclic) bond motifs is 1. The number of alkyl halides is 1. The highest BCUT2D eigenvalue weighted by atomic mass is 35.5. The Morgan fingerprint density at radius 1 is 1.17 bits per heavy atom. The molecule has 0 fully saturated rings. The fourth-order valence-corrected chi connectivity index (χ4v) is 2.75. The van der Waals surface area contributed by atoms with E-state index in [1.807, 2.05) is 30.5 Å². The fraction of sp³-hybridized carbons (Fsp3) is 0.438. The van der Waals surface area contributed by atoms with Gasteiger partial charge in [0.05, 0.1) is 5.52 Å². The van der Waals surface area contributed by atoms with E-state index >= 15 is 0 Å². The van der Waals surface area contributed by atoms with E-state index in [1.165, 1.54) is 0 Å². The predicted molar refractivity (Wildman–Crippen MR) is 107 cm³/mol. The van der Waals surface area contributed by atoms with E-state index in [9.17, 15) is 0 Å². The summed E-state index contributed by atoms with van der Waals surface area (Å²) >= 11 is 11.8. The van der Waals surface area contributed by atoms with Crippen LogP contribution in [0.4, 0.5) is 5.69 Å². The lowest BCUT2D eigenvalue weighted by molar-refractivity contribution is 0.304. The van der Waals surface area contributed by atoms with Gasteiger partial charge in [0, 0.05) is 41.3 Å². The minimum absolute atomic E-state index is 0. The zero-order valence-corrected chi connectivity index (χ0v) is 16.2. The third kappa shape index (κ3) is 6.90. The van der Waals surface area contributed by atoms with Crippen LogP contribution >= 0.6 is 48.0 Å². The maximum absolute atomic E-state index is 6.00. The number of hydrogen-bond acceptors (Lipinski definition) is 3. The van der Waals surface area contributed by atoms with Crippen molar-refractivity contribution in [2.45, 2.75) is 13.3 Å². The normalized spacial score (nSPS) is 10.3. The number of nitrogens with one attached hydrogen (secondary N) is 1. The van der Waals surface area contributed by atoms with Crippen molar-refractivity contribution >= 4 is 64.6 Å². The molecule has 130 valence electrons. The summed E-state index contributed by atoms with van der Waals surface area (Å²) in [4.78, 5) is 6.71. The Kier molecular flexibility index (Phi) is 11.8. The third-order valence-corrected chi connectivity index (χ3v) is 3.92. The molecule has 0 saturated carbocycles. The molecule has 0 aliphatic carbocycles. The number of nitrogens with zero attached hydrogens (tertiary/aromatic N) is 2. The Morgan fingerprint density at radius 2 is 1.96 bits per heavy atom. The first-order valence-electron chi connectivity index (χ1n) is 7.31. The monoisotopic (exact) mass is 397 g/mol. The van der Waals surface area contributed by atoms with Crippen LogP contribution in [0.1, 0.15) is 13.3 Å². The van der Waals surface area contributed by atoms with E-state index in [0.717, 1.165) is 49.2 Å². The summed E-state index contributed by atoms with van der Waals surface area (Å²) < 4.78 is 0. The van der Waals surface area contributed by atoms with E-state index in [1.54, 1.807) is 0 Å². The van der Waals surface area contributed by atoms with E-state index in [2.05, 4.69) is 22.1 Å². The van der Waals surface area contributed by atoms with E-state index in [0.29, 0.717) is 10.9 Å². The van der Waals surface area contributed by atoms with Crippen LogP contribution in [0.15, 0.2) is 30.5 Å². The van der Waals surface area contributed by atoms with E-state index < -0.39 is 0 Å². The minimum atomic E-state index is 0. The standard InChI is InChI=1S/C16H21Cl2N3.2ClH/c1-2-21(11-7-17)10-3-8-19-15-6-9-20-16-12-13(18)4-5-14(15)16;;/h4-6,9,12H,2-3,7-8,10-11H2,1H3,(H,19,20);2*1H. The Balaban J connectivity index is 0.00000242. The SMILES string of the molecule is CCN(CCCl)CCCNc1ccnc2cc(Cl)ccc12.Cl.Cl. The summed E-state index contributed by atoms with van der Waals surface area (Å²) in [6.07, 6.45) is 2.90. The molecule has 0 aliphatic heterocycles. The van der Waals surface area contributed by atoms with Crippen LogP contribution in [0.25, 0.3) is 10.9 Å². The molecule has 0 bridgehead atoms. The average molecular weight is 399 g/mol. The first-order valence-corrected chi connectivity index (χ1v) is 8.22. The molecule has 0 unspecified atom stereocenters. The average Bonchev–Trinajstić information content (AvgIpc) is 2.50. The van der Waals surface area contributed by atoms with E-state index in [-0.39, 0.29) is 24.8 Å². The highest BCUT2D eigenvalue weighted by Crippen LogP contribution is 2.24. The third-order valence-electron chi connectivity index (χ3n) is 3.52. The Labute approximate surface area is 160 Å². The molecular weight excluding hydrogens is 376 g/mol. The smallest absolute Gasteiger partial charge is 0.0737 e. The lowest BCUT2D eigenvalue weighted by Crippen LogP contribution is -2.27. The van der Waals surface area contributed by atoms with Gasteiger partial charge in [0.2, 0.25) is 0 Å². The van der Waals surface area contributed by atoms with Gasteiger partial charge < -0.3 is 10.2 Å². The van der Waals surface area contributed by atoms with Crippen LogP contribution in [0, 0.1) is 0 Å². The van der Waals surface area contributed by atoms with Crippen molar-refractivity contribution < 1.29 is 0 Å². The molecule has 7 heteroatoms. The topological polar surface area (TPSA) is 28.2 Å². The van der Waals surface area contributed by atoms with Crippen LogP contribution in [-0.4, -0.2) is 41.9 Å². The van der Waals surface area contributed by atoms with Crippen LogP contribution in [0.5, 0.6) is 0 Å². The predicted octanol–water partition coefficient (Wildman–Crippen LogP) is 5.09. The van der Waals surface area contributed by atoms with Crippen LogP contribution in [-0.2, 0) is 0 Å². The van der Waals surface area contributed by atoms with Crippen LogP contribution in [0.3, 0.4) is 0 Å². The van der Waals surface area contributed by atoms with Crippen LogP contribution in [0.2, 0.25) is 5.02 Å². The van der Waals surface area contributed by atoms with Crippen molar-refractivity contribution in [2.75, 3.05) is 37.4 Å². The number of hydrogen-bond donors (Lipinski definition) is 1. The molecule has 0 saturated heterocycles. The number of pyridine rings is 1. The zero-order valence-electron chi connectivity index (χ0n) is 13.1. The molecule has 2 aromatic rings. The van der Waals surface area contributed by atoms with Crippen molar-refractivity contribution in [3.05, 3.63) is 35.5 Å². The second kappa shape index (κ2) is 12.0. The molecule has 0 amide bonds. The summed E-state index contributed by atoms with van der Waals surface area (Å²) in [5.41, 5.74) is 2.03. The number of halogens is 4. The van der Waals surface area contributed by atoms with Crippen molar-refractivity contribution in [3.8, 4) is 0 Å². The van der Waals surface area contributed by atoms with Crippen LogP contribution < -0.4 is 5.32 Å². The number of aromatic nitrogens is 1. The van der Waals surface area contributed by atoms with E-state index in [4.69, 9.17) is 23.2 Å². The Morgan fingerprint density at radius 3 is 2.65 bits per heavy atom. The van der Waals surface area contributed by atoms with Crippen molar-refractivity contribution in [1.29, 1.82) is 0 Å². The molecule has 2 rings (SSSR count). The Hall–Kier alpha value is -0.450. The second-order valence-electron chi connectivity index (χ2n) is 4.92. The van der Waals surface area contributed by atoms with Gasteiger partial charge in [-0.25, -0.2) is 0 Å². The molecule has 1 aromatic heterocycles. The summed E-state index contributed by atoms with van der Waals surface area (Å²) in [5, 5.41) is 5.31. The molecule has 3 nitrogen and oxygen atoms in total. The Bertz CT molecular complexity index is 580. The van der Waals surface area contributed by atoms with Gasteiger partial charge >= 0.3 is 0 Å². The van der Waals surface area contributed by atoms with Crippen molar-refractivity contribution in [3.63, 3.8) is 0 Å². The number of benzene rings is 1. The number of anilines is 1. The molecule has 1 N–H and O–H groups in total. The van der Waals surface area contributed by atoms with Gasteiger partial charge in [-0.05, 0) is 43.8 Å². The maximum Gasteiger partial charge on any atom is 0.0737 e. The second-order valence-corrected chi connectivity index (χ2v) is 5.74. The molecule has 0 atom stereocenters. The molecule has 23 heavy (non-hydrogen) atoms. The van der Waals surface area contributed by atoms with Gasteiger partial charge in [0.25, 0.3) is 0 Å². The first-order chi connectivity index (χ1) is 10.2. The summed E-state index contributed by atoms with van der Waals surface area (Å²) in [7, 11) is 0. The van der Waals surface area contributed by atoms with Gasteiger partial charge in [-0.15, -0.1) is 36.4 Å². The fourth-order valence-electron chi connectivity index (χ4n) is 2.35. The molecule has 1 aromatic carbocycles. The van der Waals surface area contributed by atoms with Gasteiger partial charge in [-0.3, -0.25) is 4.98 Å². The summed E-state index contributed by atoms with van der Waals surface area (Å²) in [6, 6.07) is 7.81. The highest BCUT2D eigenvalue weighted by molar-refractivity contribution is 6.31. The zero-order chi connectivity index (χ0) is 15.1. The van der Waals surface area contributed by atoms with Gasteiger partial charge in [-0.2, -0.15) is 0 Å². The molecular formula is C16H23Cl4N3. The molecule has 1 heterocycles. The minimum Gasteiger partial charge on any atom is -0.384 e. The van der Waals surface area contributed by atoms with Gasteiger partial charge in [0.15, 0.2) is 0 Å². The van der Waals surface area contributed by atoms with Gasteiger partial charge in [0.1, 0.15) is 0 Å². The largest absolute Gasteiger partial charge is 0.384 e. The molecule has 0 radical (unpaired) electrons. The van der Waals surface area contributed by atoms with Crippen molar-refractivity contribution in [1.82, 2.24) is 9.88 Å². The molecule has 0 aliphatic rings. The lowest BCUT2D eigenvalue weighted by atomic mass is 10.2. The van der Waals surface area contributed by atoms with Crippen molar-refractivity contribution in [2.24, 2.45) is 0 Å². The summed E-state index contributed by atoms with van der Waals surface area (Å²) in [5.74, 6) is 0.691. The number of rotatable bonds is 8. The van der Waals surface area contributed by atoms with Gasteiger partial charge in [-0.1, -0.05) is 18.5 Å². The first kappa shape index (κ1) is 22.6. The highest BCUT2D eigenvalue weighted by Gasteiger charge is 2.03. The molecule has 0 spiro atoms. The maximum atomic E-state index is 6.00. The lowest BCUT2D eigenvalue weighted by Gasteiger charge is -2.19. The quantitative estimate of drug-likeness (QED) is 0.495. The summed E-state index contributed by atoms with van der Waals surface area (Å²) in [6.45, 7) is 6.16.